The second kappa shape index (κ2) is 8.01. The van der Waals surface area contributed by atoms with Gasteiger partial charge in [-0.1, -0.05) is 11.6 Å². The zero-order valence-electron chi connectivity index (χ0n) is 13.4. The first-order valence-electron chi connectivity index (χ1n) is 7.64. The SMILES string of the molecule is CC(=O)N[C@@H]1CCCN(C(=O)COC(=O)c2ccc(Cl)c(N)c2)C1. The van der Waals surface area contributed by atoms with Crippen molar-refractivity contribution in [2.75, 3.05) is 25.4 Å². The number of amides is 2. The zero-order chi connectivity index (χ0) is 17.7. The molecule has 1 aliphatic rings. The van der Waals surface area contributed by atoms with Gasteiger partial charge in [-0.05, 0) is 31.0 Å². The Balaban J connectivity index is 1.86. The normalized spacial score (nSPS) is 17.2. The first kappa shape index (κ1) is 18.1. The molecule has 130 valence electrons. The maximum Gasteiger partial charge on any atom is 0.338 e. The number of piperidine rings is 1. The van der Waals surface area contributed by atoms with Crippen LogP contribution in [0.5, 0.6) is 0 Å². The number of carbonyl (C=O) groups is 3. The van der Waals surface area contributed by atoms with Gasteiger partial charge in [0, 0.05) is 26.1 Å². The fourth-order valence-electron chi connectivity index (χ4n) is 2.58. The van der Waals surface area contributed by atoms with E-state index in [2.05, 4.69) is 5.32 Å². The number of hydrogen-bond acceptors (Lipinski definition) is 5. The fourth-order valence-corrected chi connectivity index (χ4v) is 2.70. The average molecular weight is 354 g/mol. The predicted molar refractivity (Wildman–Crippen MR) is 89.6 cm³/mol. The molecule has 8 heteroatoms. The summed E-state index contributed by atoms with van der Waals surface area (Å²) in [4.78, 5) is 36.8. The largest absolute Gasteiger partial charge is 0.452 e. The van der Waals surface area contributed by atoms with E-state index in [-0.39, 0.29) is 35.7 Å². The van der Waals surface area contributed by atoms with Crippen molar-refractivity contribution >= 4 is 35.1 Å². The van der Waals surface area contributed by atoms with E-state index in [4.69, 9.17) is 22.1 Å². The van der Waals surface area contributed by atoms with Crippen LogP contribution in [0.1, 0.15) is 30.1 Å². The van der Waals surface area contributed by atoms with Gasteiger partial charge in [-0.15, -0.1) is 0 Å². The van der Waals surface area contributed by atoms with Gasteiger partial charge in [0.1, 0.15) is 0 Å². The molecule has 0 aliphatic carbocycles. The summed E-state index contributed by atoms with van der Waals surface area (Å²) in [7, 11) is 0. The lowest BCUT2D eigenvalue weighted by Gasteiger charge is -2.32. The van der Waals surface area contributed by atoms with Gasteiger partial charge < -0.3 is 20.7 Å². The molecule has 1 fully saturated rings. The maximum atomic E-state index is 12.2. The molecule has 0 aromatic heterocycles. The number of carbonyl (C=O) groups excluding carboxylic acids is 3. The first-order chi connectivity index (χ1) is 11.4. The third-order valence-corrected chi connectivity index (χ3v) is 4.08. The number of nitrogens with one attached hydrogen (secondary N) is 1. The van der Waals surface area contributed by atoms with Gasteiger partial charge in [-0.25, -0.2) is 4.79 Å². The number of halogens is 1. The summed E-state index contributed by atoms with van der Waals surface area (Å²) < 4.78 is 5.04. The number of benzene rings is 1. The van der Waals surface area contributed by atoms with E-state index in [0.29, 0.717) is 18.1 Å². The summed E-state index contributed by atoms with van der Waals surface area (Å²) in [5.41, 5.74) is 6.14. The Morgan fingerprint density at radius 1 is 1.42 bits per heavy atom. The Kier molecular flexibility index (Phi) is 6.03. The molecule has 2 amide bonds. The molecule has 1 heterocycles. The highest BCUT2D eigenvalue weighted by Crippen LogP contribution is 2.20. The van der Waals surface area contributed by atoms with Gasteiger partial charge in [0.25, 0.3) is 5.91 Å². The van der Waals surface area contributed by atoms with Crippen LogP contribution in [0, 0.1) is 0 Å². The topological polar surface area (TPSA) is 102 Å². The number of nitrogen functional groups attached to an aromatic ring is 1. The lowest BCUT2D eigenvalue weighted by Crippen LogP contribution is -2.50. The molecule has 1 atom stereocenters. The standard InChI is InChI=1S/C16H20ClN3O4/c1-10(21)19-12-3-2-6-20(8-12)15(22)9-24-16(23)11-4-5-13(17)14(18)7-11/h4-5,7,12H,2-3,6,8-9,18H2,1H3,(H,19,21)/t12-/m1/s1. The number of nitrogens with two attached hydrogens (primary N) is 1. The number of ether oxygens (including phenoxy) is 1. The Bertz CT molecular complexity index is 650. The molecule has 24 heavy (non-hydrogen) atoms. The Morgan fingerprint density at radius 2 is 2.17 bits per heavy atom. The van der Waals surface area contributed by atoms with E-state index in [1.54, 1.807) is 4.90 Å². The van der Waals surface area contributed by atoms with E-state index in [1.807, 2.05) is 0 Å². The second-order valence-corrected chi connectivity index (χ2v) is 6.10. The molecule has 0 spiro atoms. The molecule has 1 aliphatic heterocycles. The van der Waals surface area contributed by atoms with Gasteiger partial charge in [0.2, 0.25) is 5.91 Å². The number of esters is 1. The number of likely N-dealkylation sites (tertiary alicyclic amines) is 1. The summed E-state index contributed by atoms with van der Waals surface area (Å²) in [6.07, 6.45) is 1.62. The fraction of sp³-hybridized carbons (Fsp3) is 0.438. The van der Waals surface area contributed by atoms with Crippen molar-refractivity contribution < 1.29 is 19.1 Å². The third-order valence-electron chi connectivity index (χ3n) is 3.74. The number of anilines is 1. The first-order valence-corrected chi connectivity index (χ1v) is 8.01. The van der Waals surface area contributed by atoms with Gasteiger partial charge in [-0.2, -0.15) is 0 Å². The minimum absolute atomic E-state index is 0.0630. The summed E-state index contributed by atoms with van der Waals surface area (Å²) >= 11 is 5.80. The van der Waals surface area contributed by atoms with Gasteiger partial charge in [0.05, 0.1) is 16.3 Å². The van der Waals surface area contributed by atoms with Crippen LogP contribution in [0.2, 0.25) is 5.02 Å². The van der Waals surface area contributed by atoms with Crippen molar-refractivity contribution in [3.8, 4) is 0 Å². The molecule has 3 N–H and O–H groups in total. The van der Waals surface area contributed by atoms with Crippen LogP contribution < -0.4 is 11.1 Å². The number of nitrogens with zero attached hydrogens (tertiary/aromatic N) is 1. The molecule has 0 bridgehead atoms. The van der Waals surface area contributed by atoms with Crippen LogP contribution in [-0.4, -0.2) is 48.4 Å². The molecule has 1 saturated heterocycles. The summed E-state index contributed by atoms with van der Waals surface area (Å²) in [5.74, 6) is -1.05. The zero-order valence-corrected chi connectivity index (χ0v) is 14.1. The van der Waals surface area contributed by atoms with Gasteiger partial charge in [-0.3, -0.25) is 9.59 Å². The lowest BCUT2D eigenvalue weighted by atomic mass is 10.1. The molecular formula is C16H20ClN3O4. The molecule has 1 aromatic carbocycles. The van der Waals surface area contributed by atoms with E-state index in [0.717, 1.165) is 12.8 Å². The predicted octanol–water partition coefficient (Wildman–Crippen LogP) is 1.21. The minimum atomic E-state index is -0.637. The smallest absolute Gasteiger partial charge is 0.338 e. The van der Waals surface area contributed by atoms with Crippen molar-refractivity contribution in [3.05, 3.63) is 28.8 Å². The minimum Gasteiger partial charge on any atom is -0.452 e. The van der Waals surface area contributed by atoms with Crippen molar-refractivity contribution in [2.24, 2.45) is 0 Å². The Hall–Kier alpha value is -2.28. The average Bonchev–Trinajstić information content (AvgIpc) is 2.54. The third kappa shape index (κ3) is 4.86. The van der Waals surface area contributed by atoms with Crippen LogP contribution in [0.3, 0.4) is 0 Å². The van der Waals surface area contributed by atoms with Crippen LogP contribution in [0.15, 0.2) is 18.2 Å². The van der Waals surface area contributed by atoms with E-state index in [9.17, 15) is 14.4 Å². The maximum absolute atomic E-state index is 12.2. The molecule has 0 unspecified atom stereocenters. The monoisotopic (exact) mass is 353 g/mol. The Morgan fingerprint density at radius 3 is 2.83 bits per heavy atom. The van der Waals surface area contributed by atoms with E-state index < -0.39 is 5.97 Å². The van der Waals surface area contributed by atoms with E-state index in [1.165, 1.54) is 25.1 Å². The van der Waals surface area contributed by atoms with Crippen molar-refractivity contribution in [1.29, 1.82) is 0 Å². The number of rotatable bonds is 4. The highest BCUT2D eigenvalue weighted by atomic mass is 35.5. The van der Waals surface area contributed by atoms with Gasteiger partial charge in [0.15, 0.2) is 6.61 Å². The highest BCUT2D eigenvalue weighted by Gasteiger charge is 2.25. The molecular weight excluding hydrogens is 334 g/mol. The summed E-state index contributed by atoms with van der Waals surface area (Å²) in [6.45, 7) is 2.10. The van der Waals surface area contributed by atoms with Crippen molar-refractivity contribution in [3.63, 3.8) is 0 Å². The van der Waals surface area contributed by atoms with Crippen LogP contribution in [-0.2, 0) is 14.3 Å². The van der Waals surface area contributed by atoms with Crippen LogP contribution >= 0.6 is 11.6 Å². The molecule has 7 nitrogen and oxygen atoms in total. The molecule has 0 radical (unpaired) electrons. The summed E-state index contributed by atoms with van der Waals surface area (Å²) in [6, 6.07) is 4.33. The van der Waals surface area contributed by atoms with Gasteiger partial charge >= 0.3 is 5.97 Å². The molecule has 1 aromatic rings. The van der Waals surface area contributed by atoms with Crippen molar-refractivity contribution in [1.82, 2.24) is 10.2 Å². The van der Waals surface area contributed by atoms with Crippen molar-refractivity contribution in [2.45, 2.75) is 25.8 Å². The summed E-state index contributed by atoms with van der Waals surface area (Å²) in [5, 5.41) is 3.15. The molecule has 2 rings (SSSR count). The van der Waals surface area contributed by atoms with E-state index >= 15 is 0 Å². The lowest BCUT2D eigenvalue weighted by molar-refractivity contribution is -0.136. The Labute approximate surface area is 145 Å². The highest BCUT2D eigenvalue weighted by molar-refractivity contribution is 6.33. The number of hydrogen-bond donors (Lipinski definition) is 2. The van der Waals surface area contributed by atoms with Crippen LogP contribution in [0.25, 0.3) is 0 Å². The quantitative estimate of drug-likeness (QED) is 0.625. The second-order valence-electron chi connectivity index (χ2n) is 5.69. The molecule has 0 saturated carbocycles. The van der Waals surface area contributed by atoms with Crippen LogP contribution in [0.4, 0.5) is 5.69 Å².